The first kappa shape index (κ1) is 21.6. The molecule has 0 radical (unpaired) electrons. The highest BCUT2D eigenvalue weighted by atomic mass is 17.3. The second-order valence-electron chi connectivity index (χ2n) is 11.0. The van der Waals surface area contributed by atoms with Crippen molar-refractivity contribution in [1.29, 1.82) is 0 Å². The molecule has 1 spiro atoms. The smallest absolute Gasteiger partial charge is 0.201 e. The summed E-state index contributed by atoms with van der Waals surface area (Å²) in [5.41, 5.74) is 2.06. The van der Waals surface area contributed by atoms with E-state index in [1.165, 1.54) is 17.8 Å². The van der Waals surface area contributed by atoms with Gasteiger partial charge in [-0.2, -0.15) is 0 Å². The van der Waals surface area contributed by atoms with Gasteiger partial charge >= 0.3 is 0 Å². The molecular weight excluding hydrogens is 408 g/mol. The molecule has 0 aromatic carbocycles. The van der Waals surface area contributed by atoms with Gasteiger partial charge in [-0.3, -0.25) is 4.90 Å². The maximum Gasteiger partial charge on any atom is 0.201 e. The molecule has 1 aromatic rings. The summed E-state index contributed by atoms with van der Waals surface area (Å²) in [6.45, 7) is 11.3. The lowest BCUT2D eigenvalue weighted by Gasteiger charge is -2.60. The summed E-state index contributed by atoms with van der Waals surface area (Å²) in [4.78, 5) is 14.7. The molecule has 2 bridgehead atoms. The topological polar surface area (TPSA) is 54.3 Å². The van der Waals surface area contributed by atoms with Crippen molar-refractivity contribution in [3.63, 3.8) is 0 Å². The summed E-state index contributed by atoms with van der Waals surface area (Å²) >= 11 is 0. The van der Waals surface area contributed by atoms with Gasteiger partial charge in [-0.1, -0.05) is 13.8 Å². The summed E-state index contributed by atoms with van der Waals surface area (Å²) in [5, 5.41) is 0. The van der Waals surface area contributed by atoms with Crippen molar-refractivity contribution in [1.82, 2.24) is 9.47 Å². The molecule has 5 saturated heterocycles. The van der Waals surface area contributed by atoms with Crippen molar-refractivity contribution in [2.24, 2.45) is 30.7 Å². The van der Waals surface area contributed by atoms with Crippen LogP contribution in [-0.4, -0.2) is 53.4 Å². The van der Waals surface area contributed by atoms with Gasteiger partial charge in [-0.25, -0.2) is 9.78 Å². The van der Waals surface area contributed by atoms with Crippen LogP contribution in [0.3, 0.4) is 0 Å². The van der Waals surface area contributed by atoms with Crippen LogP contribution in [0.2, 0.25) is 0 Å². The minimum atomic E-state index is -0.724. The SMILES string of the molecule is C[C@H]1[C@H](c2ccc(CN3CCOCC3)n2C)O[C@@H]2O[C@]3(C)CC[C@H]4[C@H](C)CC[C@@H]1[C@@]24OO3. The number of rotatable bonds is 3. The average molecular weight is 447 g/mol. The zero-order chi connectivity index (χ0) is 22.1. The fourth-order valence-electron chi connectivity index (χ4n) is 7.25. The Labute approximate surface area is 191 Å². The van der Waals surface area contributed by atoms with Crippen LogP contribution >= 0.6 is 0 Å². The highest BCUT2D eigenvalue weighted by molar-refractivity contribution is 5.22. The number of aromatic nitrogens is 1. The van der Waals surface area contributed by atoms with Crippen LogP contribution in [0.25, 0.3) is 0 Å². The fraction of sp³-hybridized carbons (Fsp3) is 0.840. The first-order chi connectivity index (χ1) is 15.4. The molecule has 8 atom stereocenters. The van der Waals surface area contributed by atoms with Crippen molar-refractivity contribution in [3.8, 4) is 0 Å². The minimum absolute atomic E-state index is 0.0142. The van der Waals surface area contributed by atoms with Gasteiger partial charge in [0.25, 0.3) is 0 Å². The van der Waals surface area contributed by atoms with Crippen LogP contribution in [0.5, 0.6) is 0 Å². The Balaban J connectivity index is 1.31. The summed E-state index contributed by atoms with van der Waals surface area (Å²) in [5.74, 6) is 0.944. The molecule has 0 unspecified atom stereocenters. The summed E-state index contributed by atoms with van der Waals surface area (Å²) in [6, 6.07) is 4.52. The zero-order valence-corrected chi connectivity index (χ0v) is 19.9. The third-order valence-corrected chi connectivity index (χ3v) is 9.20. The molecule has 7 rings (SSSR count). The van der Waals surface area contributed by atoms with E-state index in [0.717, 1.165) is 52.1 Å². The molecule has 0 amide bonds. The van der Waals surface area contributed by atoms with Gasteiger partial charge in [0.1, 0.15) is 6.10 Å². The quantitative estimate of drug-likeness (QED) is 0.659. The highest BCUT2D eigenvalue weighted by Crippen LogP contribution is 2.62. The Morgan fingerprint density at radius 2 is 1.84 bits per heavy atom. The molecule has 32 heavy (non-hydrogen) atoms. The largest absolute Gasteiger partial charge is 0.379 e. The molecule has 5 aliphatic heterocycles. The van der Waals surface area contributed by atoms with E-state index in [1.54, 1.807) is 0 Å². The van der Waals surface area contributed by atoms with E-state index in [-0.39, 0.29) is 12.4 Å². The summed E-state index contributed by atoms with van der Waals surface area (Å²) < 4.78 is 21.2. The van der Waals surface area contributed by atoms with Crippen LogP contribution in [0.15, 0.2) is 12.1 Å². The van der Waals surface area contributed by atoms with Gasteiger partial charge in [-0.15, -0.1) is 0 Å². The molecule has 6 heterocycles. The molecule has 7 heteroatoms. The Bertz CT molecular complexity index is 853. The Kier molecular flexibility index (Phi) is 5.25. The third-order valence-electron chi connectivity index (χ3n) is 9.20. The first-order valence-electron chi connectivity index (χ1n) is 12.6. The molecule has 1 aromatic heterocycles. The van der Waals surface area contributed by atoms with Crippen LogP contribution < -0.4 is 0 Å². The number of fused-ring (bicyclic) bond motifs is 2. The Morgan fingerprint density at radius 3 is 2.66 bits per heavy atom. The van der Waals surface area contributed by atoms with E-state index in [9.17, 15) is 0 Å². The van der Waals surface area contributed by atoms with E-state index in [0.29, 0.717) is 23.7 Å². The number of morpholine rings is 1. The van der Waals surface area contributed by atoms with E-state index in [1.807, 2.05) is 6.92 Å². The lowest BCUT2D eigenvalue weighted by Crippen LogP contribution is -2.69. The first-order valence-corrected chi connectivity index (χ1v) is 12.6. The Hall–Kier alpha value is -0.960. The maximum atomic E-state index is 6.85. The normalized spacial score (nSPS) is 46.6. The van der Waals surface area contributed by atoms with Gasteiger partial charge < -0.3 is 18.8 Å². The molecule has 178 valence electrons. The van der Waals surface area contributed by atoms with E-state index in [2.05, 4.69) is 42.5 Å². The molecule has 1 saturated carbocycles. The van der Waals surface area contributed by atoms with Crippen molar-refractivity contribution >= 4 is 0 Å². The average Bonchev–Trinajstić information content (AvgIpc) is 2.98. The standard InChI is InChI=1S/C25H38N2O5/c1-16-5-7-20-17(2)22(21-8-6-18(26(21)4)15-27-11-13-28-14-12-27)29-23-25(20)19(16)9-10-24(3,30-23)31-32-25/h6,8,16-17,19-20,22-23H,5,7,9-15H2,1-4H3/t16-,17-,19+,20+,22-,23-,24+,25-/m1/s1. The molecule has 6 aliphatic rings. The van der Waals surface area contributed by atoms with Crippen LogP contribution in [0.4, 0.5) is 0 Å². The number of hydrogen-bond donors (Lipinski definition) is 0. The predicted molar refractivity (Wildman–Crippen MR) is 117 cm³/mol. The molecular formula is C25H38N2O5. The van der Waals surface area contributed by atoms with Crippen LogP contribution in [0, 0.1) is 23.7 Å². The third kappa shape index (κ3) is 3.16. The summed E-state index contributed by atoms with van der Waals surface area (Å²) in [6.07, 6.45) is 3.88. The Morgan fingerprint density at radius 1 is 1.03 bits per heavy atom. The van der Waals surface area contributed by atoms with Gasteiger partial charge in [0.05, 0.1) is 13.2 Å². The van der Waals surface area contributed by atoms with E-state index in [4.69, 9.17) is 24.0 Å². The van der Waals surface area contributed by atoms with Gasteiger partial charge in [-0.05, 0) is 56.1 Å². The summed E-state index contributed by atoms with van der Waals surface area (Å²) in [7, 11) is 2.18. The highest BCUT2D eigenvalue weighted by Gasteiger charge is 2.69. The van der Waals surface area contributed by atoms with Crippen LogP contribution in [0.1, 0.15) is 63.9 Å². The zero-order valence-electron chi connectivity index (χ0n) is 19.9. The second-order valence-corrected chi connectivity index (χ2v) is 11.0. The minimum Gasteiger partial charge on any atom is -0.379 e. The van der Waals surface area contributed by atoms with Gasteiger partial charge in [0.15, 0.2) is 11.9 Å². The van der Waals surface area contributed by atoms with Crippen molar-refractivity contribution in [2.45, 2.75) is 76.8 Å². The monoisotopic (exact) mass is 446 g/mol. The van der Waals surface area contributed by atoms with Gasteiger partial charge in [0, 0.05) is 50.4 Å². The lowest BCUT2D eigenvalue weighted by molar-refractivity contribution is -0.571. The molecule has 1 aliphatic carbocycles. The van der Waals surface area contributed by atoms with E-state index >= 15 is 0 Å². The lowest BCUT2D eigenvalue weighted by atomic mass is 9.57. The van der Waals surface area contributed by atoms with Crippen molar-refractivity contribution < 1.29 is 24.0 Å². The molecule has 6 fully saturated rings. The van der Waals surface area contributed by atoms with Gasteiger partial charge in [0.2, 0.25) is 5.79 Å². The molecule has 0 N–H and O–H groups in total. The van der Waals surface area contributed by atoms with Crippen LogP contribution in [-0.2, 0) is 37.6 Å². The number of hydrogen-bond acceptors (Lipinski definition) is 6. The van der Waals surface area contributed by atoms with Crippen molar-refractivity contribution in [3.05, 3.63) is 23.5 Å². The number of ether oxygens (including phenoxy) is 3. The second kappa shape index (κ2) is 7.79. The van der Waals surface area contributed by atoms with Crippen molar-refractivity contribution in [2.75, 3.05) is 26.3 Å². The van der Waals surface area contributed by atoms with E-state index < -0.39 is 11.4 Å². The fourth-order valence-corrected chi connectivity index (χ4v) is 7.25. The number of nitrogens with zero attached hydrogens (tertiary/aromatic N) is 2. The molecule has 7 nitrogen and oxygen atoms in total. The predicted octanol–water partition coefficient (Wildman–Crippen LogP) is 3.78. The maximum absolute atomic E-state index is 6.85.